The summed E-state index contributed by atoms with van der Waals surface area (Å²) in [6.45, 7) is 2.96. The Labute approximate surface area is 155 Å². The van der Waals surface area contributed by atoms with Gasteiger partial charge in [0.1, 0.15) is 11.5 Å². The highest BCUT2D eigenvalue weighted by atomic mass is 32.1. The summed E-state index contributed by atoms with van der Waals surface area (Å²) in [6.07, 6.45) is 6.78. The molecule has 1 atom stereocenters. The maximum absolute atomic E-state index is 12.7. The number of nitrogens with zero attached hydrogens (tertiary/aromatic N) is 4. The third kappa shape index (κ3) is 3.29. The van der Waals surface area contributed by atoms with Gasteiger partial charge < -0.3 is 14.3 Å². The van der Waals surface area contributed by atoms with Crippen LogP contribution in [0, 0.1) is 0 Å². The van der Waals surface area contributed by atoms with Gasteiger partial charge in [-0.25, -0.2) is 4.98 Å². The summed E-state index contributed by atoms with van der Waals surface area (Å²) in [5.41, 5.74) is 0.399. The van der Waals surface area contributed by atoms with Gasteiger partial charge in [-0.1, -0.05) is 13.3 Å². The number of rotatable bonds is 5. The van der Waals surface area contributed by atoms with Gasteiger partial charge >= 0.3 is 0 Å². The van der Waals surface area contributed by atoms with Crippen LogP contribution in [-0.4, -0.2) is 25.7 Å². The van der Waals surface area contributed by atoms with E-state index in [0.29, 0.717) is 16.5 Å². The molecule has 8 heteroatoms. The van der Waals surface area contributed by atoms with Crippen molar-refractivity contribution in [2.24, 2.45) is 0 Å². The zero-order chi connectivity index (χ0) is 17.9. The number of thiazole rings is 1. The zero-order valence-electron chi connectivity index (χ0n) is 14.6. The third-order valence-corrected chi connectivity index (χ3v) is 5.49. The molecule has 1 aliphatic rings. The molecular weight excluding hydrogens is 350 g/mol. The molecule has 26 heavy (non-hydrogen) atoms. The molecule has 0 spiro atoms. The Morgan fingerprint density at radius 3 is 3.12 bits per heavy atom. The molecular formula is C18H21N5O2S. The summed E-state index contributed by atoms with van der Waals surface area (Å²) in [5.74, 6) is 2.35. The van der Waals surface area contributed by atoms with E-state index < -0.39 is 0 Å². The summed E-state index contributed by atoms with van der Waals surface area (Å²) in [6, 6.07) is 3.47. The Balaban J connectivity index is 1.52. The number of hydrogen-bond acceptors (Lipinski definition) is 6. The van der Waals surface area contributed by atoms with Gasteiger partial charge in [0.05, 0.1) is 12.3 Å². The van der Waals surface area contributed by atoms with Crippen molar-refractivity contribution in [3.8, 4) is 10.8 Å². The minimum Gasteiger partial charge on any atom is -0.462 e. The average molecular weight is 371 g/mol. The van der Waals surface area contributed by atoms with Gasteiger partial charge in [0.25, 0.3) is 5.91 Å². The van der Waals surface area contributed by atoms with Gasteiger partial charge in [-0.15, -0.1) is 21.5 Å². The second-order valence-corrected chi connectivity index (χ2v) is 7.24. The number of hydrogen-bond donors (Lipinski definition) is 1. The van der Waals surface area contributed by atoms with Crippen LogP contribution in [0.5, 0.6) is 0 Å². The monoisotopic (exact) mass is 371 g/mol. The fraction of sp³-hybridized carbons (Fsp3) is 0.444. The summed E-state index contributed by atoms with van der Waals surface area (Å²) < 4.78 is 7.52. The molecule has 1 amide bonds. The first kappa shape index (κ1) is 17.0. The highest BCUT2D eigenvalue weighted by molar-refractivity contribution is 7.13. The van der Waals surface area contributed by atoms with E-state index in [0.717, 1.165) is 43.9 Å². The molecule has 1 unspecified atom stereocenters. The quantitative estimate of drug-likeness (QED) is 0.740. The Bertz CT molecular complexity index is 883. The number of aryl methyl sites for hydroxylation is 1. The van der Waals surface area contributed by atoms with Crippen LogP contribution in [0.1, 0.15) is 60.8 Å². The van der Waals surface area contributed by atoms with Crippen LogP contribution in [0.15, 0.2) is 28.2 Å². The van der Waals surface area contributed by atoms with Crippen molar-refractivity contribution in [2.45, 2.75) is 51.6 Å². The van der Waals surface area contributed by atoms with Gasteiger partial charge in [0.15, 0.2) is 16.6 Å². The average Bonchev–Trinajstić information content (AvgIpc) is 3.38. The van der Waals surface area contributed by atoms with Crippen LogP contribution in [0.3, 0.4) is 0 Å². The number of aromatic nitrogens is 4. The normalized spacial score (nSPS) is 15.3. The summed E-state index contributed by atoms with van der Waals surface area (Å²) in [4.78, 5) is 17.1. The maximum atomic E-state index is 12.7. The molecule has 0 saturated heterocycles. The van der Waals surface area contributed by atoms with Crippen molar-refractivity contribution in [3.05, 3.63) is 41.1 Å². The van der Waals surface area contributed by atoms with Crippen molar-refractivity contribution < 1.29 is 9.21 Å². The molecule has 0 fully saturated rings. The Hall–Kier alpha value is -2.48. The van der Waals surface area contributed by atoms with E-state index in [1.807, 2.05) is 13.0 Å². The molecule has 136 valence electrons. The molecule has 0 bridgehead atoms. The largest absolute Gasteiger partial charge is 0.462 e. The van der Waals surface area contributed by atoms with E-state index in [2.05, 4.69) is 25.1 Å². The topological polar surface area (TPSA) is 85.8 Å². The summed E-state index contributed by atoms with van der Waals surface area (Å²) in [5, 5.41) is 14.2. The van der Waals surface area contributed by atoms with Crippen LogP contribution >= 0.6 is 11.3 Å². The Kier molecular flexibility index (Phi) is 4.83. The second kappa shape index (κ2) is 7.41. The molecule has 0 aliphatic carbocycles. The predicted octanol–water partition coefficient (Wildman–Crippen LogP) is 3.60. The first-order valence-corrected chi connectivity index (χ1v) is 9.86. The lowest BCUT2D eigenvalue weighted by Gasteiger charge is -2.17. The van der Waals surface area contributed by atoms with Gasteiger partial charge in [-0.2, -0.15) is 0 Å². The zero-order valence-corrected chi connectivity index (χ0v) is 15.5. The summed E-state index contributed by atoms with van der Waals surface area (Å²) >= 11 is 1.39. The highest BCUT2D eigenvalue weighted by Crippen LogP contribution is 2.25. The van der Waals surface area contributed by atoms with Crippen LogP contribution in [0.2, 0.25) is 0 Å². The van der Waals surface area contributed by atoms with E-state index in [-0.39, 0.29) is 11.9 Å². The molecule has 4 rings (SSSR count). The standard InChI is InChI=1S/C18H21N5O2S/c1-2-12(16-22-21-15-8-4-3-5-9-23(15)16)19-17(24)13-11-26-18(20-13)14-7-6-10-25-14/h6-7,10-12H,2-5,8-9H2,1H3,(H,19,24). The Morgan fingerprint density at radius 1 is 1.38 bits per heavy atom. The fourth-order valence-electron chi connectivity index (χ4n) is 3.24. The fourth-order valence-corrected chi connectivity index (χ4v) is 4.00. The molecule has 1 aliphatic heterocycles. The number of nitrogens with one attached hydrogen (secondary N) is 1. The van der Waals surface area contributed by atoms with Crippen molar-refractivity contribution in [1.82, 2.24) is 25.1 Å². The molecule has 0 radical (unpaired) electrons. The number of carbonyl (C=O) groups is 1. The number of furan rings is 1. The van der Waals surface area contributed by atoms with Crippen molar-refractivity contribution >= 4 is 17.2 Å². The van der Waals surface area contributed by atoms with Crippen molar-refractivity contribution in [2.75, 3.05) is 0 Å². The molecule has 3 aromatic rings. The first-order chi connectivity index (χ1) is 12.8. The molecule has 0 aromatic carbocycles. The molecule has 1 N–H and O–H groups in total. The SMILES string of the molecule is CCC(NC(=O)c1csc(-c2ccco2)n1)c1nnc2n1CCCCC2. The molecule has 3 aromatic heterocycles. The number of carbonyl (C=O) groups excluding carboxylic acids is 1. The van der Waals surface area contributed by atoms with Crippen LogP contribution in [0.25, 0.3) is 10.8 Å². The summed E-state index contributed by atoms with van der Waals surface area (Å²) in [7, 11) is 0. The van der Waals surface area contributed by atoms with Crippen molar-refractivity contribution in [3.63, 3.8) is 0 Å². The molecule has 7 nitrogen and oxygen atoms in total. The van der Waals surface area contributed by atoms with E-state index >= 15 is 0 Å². The predicted molar refractivity (Wildman–Crippen MR) is 97.9 cm³/mol. The van der Waals surface area contributed by atoms with E-state index in [1.165, 1.54) is 17.8 Å². The van der Waals surface area contributed by atoms with E-state index in [9.17, 15) is 4.79 Å². The minimum absolute atomic E-state index is 0.171. The second-order valence-electron chi connectivity index (χ2n) is 6.39. The first-order valence-electron chi connectivity index (χ1n) is 8.98. The minimum atomic E-state index is -0.197. The van der Waals surface area contributed by atoms with Crippen LogP contribution in [-0.2, 0) is 13.0 Å². The van der Waals surface area contributed by atoms with Crippen LogP contribution < -0.4 is 5.32 Å². The Morgan fingerprint density at radius 2 is 2.31 bits per heavy atom. The van der Waals surface area contributed by atoms with Gasteiger partial charge in [-0.05, 0) is 31.4 Å². The van der Waals surface area contributed by atoms with Crippen molar-refractivity contribution in [1.29, 1.82) is 0 Å². The lowest BCUT2D eigenvalue weighted by Crippen LogP contribution is -2.30. The van der Waals surface area contributed by atoms with Gasteiger partial charge in [0, 0.05) is 18.3 Å². The van der Waals surface area contributed by atoms with E-state index in [4.69, 9.17) is 4.42 Å². The van der Waals surface area contributed by atoms with Crippen LogP contribution in [0.4, 0.5) is 0 Å². The van der Waals surface area contributed by atoms with Gasteiger partial charge in [-0.3, -0.25) is 4.79 Å². The smallest absolute Gasteiger partial charge is 0.271 e. The third-order valence-electron chi connectivity index (χ3n) is 4.63. The maximum Gasteiger partial charge on any atom is 0.271 e. The number of amides is 1. The van der Waals surface area contributed by atoms with Gasteiger partial charge in [0.2, 0.25) is 0 Å². The molecule has 4 heterocycles. The number of fused-ring (bicyclic) bond motifs is 1. The lowest BCUT2D eigenvalue weighted by molar-refractivity contribution is 0.0928. The highest BCUT2D eigenvalue weighted by Gasteiger charge is 2.24. The van der Waals surface area contributed by atoms with E-state index in [1.54, 1.807) is 17.7 Å². The molecule has 0 saturated carbocycles. The lowest BCUT2D eigenvalue weighted by atomic mass is 10.2.